The quantitative estimate of drug-likeness (QED) is 0.450. The number of carbonyl (C=O) groups is 1. The normalized spacial score (nSPS) is 31.1. The summed E-state index contributed by atoms with van der Waals surface area (Å²) < 4.78 is 4.92. The number of alkyl halides is 1. The van der Waals surface area contributed by atoms with Crippen LogP contribution in [0.5, 0.6) is 0 Å². The highest BCUT2D eigenvalue weighted by molar-refractivity contribution is 6.26. The summed E-state index contributed by atoms with van der Waals surface area (Å²) in [5, 5.41) is -0.900. The predicted octanol–water partition coefficient (Wildman–Crippen LogP) is 2.22. The number of hydrogen-bond donors (Lipinski definition) is 0. The predicted molar refractivity (Wildman–Crippen MR) is 43.3 cm³/mol. The fourth-order valence-electron chi connectivity index (χ4n) is 1.14. The standard InChI is InChI=1S/C8H11ClO2/c1-4-6-5(2)8(3,9)11-7(6)10/h4H2,1-3H3. The van der Waals surface area contributed by atoms with Crippen LogP contribution in [-0.4, -0.2) is 11.0 Å². The molecule has 0 fully saturated rings. The summed E-state index contributed by atoms with van der Waals surface area (Å²) in [5.41, 5.74) is 1.55. The van der Waals surface area contributed by atoms with Crippen LogP contribution in [0.3, 0.4) is 0 Å². The van der Waals surface area contributed by atoms with Crippen LogP contribution in [0.15, 0.2) is 11.1 Å². The first-order chi connectivity index (χ1) is 4.99. The van der Waals surface area contributed by atoms with Crippen LogP contribution in [0.25, 0.3) is 0 Å². The zero-order chi connectivity index (χ0) is 8.65. The van der Waals surface area contributed by atoms with Gasteiger partial charge in [0.05, 0.1) is 0 Å². The van der Waals surface area contributed by atoms with E-state index in [1.807, 2.05) is 13.8 Å². The summed E-state index contributed by atoms with van der Waals surface area (Å²) in [6.45, 7) is 5.43. The van der Waals surface area contributed by atoms with Gasteiger partial charge >= 0.3 is 5.97 Å². The lowest BCUT2D eigenvalue weighted by atomic mass is 10.1. The van der Waals surface area contributed by atoms with E-state index in [2.05, 4.69) is 0 Å². The van der Waals surface area contributed by atoms with Gasteiger partial charge in [-0.1, -0.05) is 18.5 Å². The van der Waals surface area contributed by atoms with Gasteiger partial charge in [0, 0.05) is 5.57 Å². The average molecular weight is 175 g/mol. The molecule has 0 amide bonds. The molecule has 1 atom stereocenters. The Bertz CT molecular complexity index is 228. The summed E-state index contributed by atoms with van der Waals surface area (Å²) in [5.74, 6) is -0.275. The zero-order valence-electron chi connectivity index (χ0n) is 6.90. The number of ether oxygens (including phenoxy) is 1. The number of rotatable bonds is 1. The maximum absolute atomic E-state index is 11.1. The molecule has 0 aromatic heterocycles. The second-order valence-corrected chi connectivity index (χ2v) is 3.48. The molecule has 1 rings (SSSR count). The van der Waals surface area contributed by atoms with Gasteiger partial charge in [-0.3, -0.25) is 0 Å². The number of cyclic esters (lactones) is 1. The van der Waals surface area contributed by atoms with Crippen molar-refractivity contribution >= 4 is 17.6 Å². The van der Waals surface area contributed by atoms with Crippen molar-refractivity contribution in [3.05, 3.63) is 11.1 Å². The Labute approximate surface area is 71.2 Å². The maximum atomic E-state index is 11.1. The van der Waals surface area contributed by atoms with Gasteiger partial charge in [0.1, 0.15) is 0 Å². The molecule has 1 aliphatic rings. The minimum Gasteiger partial charge on any atom is -0.436 e. The Morgan fingerprint density at radius 3 is 2.36 bits per heavy atom. The highest BCUT2D eigenvalue weighted by Crippen LogP contribution is 2.36. The van der Waals surface area contributed by atoms with Crippen molar-refractivity contribution in [1.82, 2.24) is 0 Å². The van der Waals surface area contributed by atoms with Crippen molar-refractivity contribution in [1.29, 1.82) is 0 Å². The van der Waals surface area contributed by atoms with Crippen LogP contribution in [0.1, 0.15) is 27.2 Å². The Hall–Kier alpha value is -0.500. The molecule has 3 heteroatoms. The lowest BCUT2D eigenvalue weighted by Gasteiger charge is -2.14. The molecular weight excluding hydrogens is 164 g/mol. The van der Waals surface area contributed by atoms with Crippen LogP contribution in [0.2, 0.25) is 0 Å². The highest BCUT2D eigenvalue weighted by atomic mass is 35.5. The Morgan fingerprint density at radius 1 is 1.64 bits per heavy atom. The van der Waals surface area contributed by atoms with Crippen molar-refractivity contribution in [2.45, 2.75) is 32.3 Å². The van der Waals surface area contributed by atoms with Gasteiger partial charge in [0.2, 0.25) is 5.06 Å². The summed E-state index contributed by atoms with van der Waals surface area (Å²) in [4.78, 5) is 11.1. The molecule has 0 bridgehead atoms. The molecule has 0 aromatic carbocycles. The first-order valence-electron chi connectivity index (χ1n) is 3.61. The lowest BCUT2D eigenvalue weighted by molar-refractivity contribution is -0.141. The molecule has 0 radical (unpaired) electrons. The van der Waals surface area contributed by atoms with Crippen molar-refractivity contribution in [3.8, 4) is 0 Å². The summed E-state index contributed by atoms with van der Waals surface area (Å²) in [6, 6.07) is 0. The Morgan fingerprint density at radius 2 is 2.18 bits per heavy atom. The zero-order valence-corrected chi connectivity index (χ0v) is 7.66. The molecule has 0 N–H and O–H groups in total. The van der Waals surface area contributed by atoms with Crippen LogP contribution < -0.4 is 0 Å². The Kier molecular flexibility index (Phi) is 1.97. The molecule has 11 heavy (non-hydrogen) atoms. The summed E-state index contributed by atoms with van der Waals surface area (Å²) >= 11 is 5.89. The van der Waals surface area contributed by atoms with Gasteiger partial charge in [0.15, 0.2) is 0 Å². The van der Waals surface area contributed by atoms with E-state index < -0.39 is 5.06 Å². The monoisotopic (exact) mass is 174 g/mol. The molecule has 0 aliphatic carbocycles. The smallest absolute Gasteiger partial charge is 0.336 e. The van der Waals surface area contributed by atoms with Crippen molar-refractivity contribution < 1.29 is 9.53 Å². The van der Waals surface area contributed by atoms with E-state index in [0.29, 0.717) is 12.0 Å². The van der Waals surface area contributed by atoms with E-state index in [-0.39, 0.29) is 5.97 Å². The molecule has 0 saturated carbocycles. The SMILES string of the molecule is CCC1=C(C)C(C)(Cl)OC1=O. The molecule has 2 nitrogen and oxygen atoms in total. The van der Waals surface area contributed by atoms with Crippen LogP contribution >= 0.6 is 11.6 Å². The third-order valence-corrected chi connectivity index (χ3v) is 2.37. The minimum absolute atomic E-state index is 0.275. The van der Waals surface area contributed by atoms with E-state index in [4.69, 9.17) is 16.3 Å². The second kappa shape index (κ2) is 2.52. The molecule has 0 aromatic rings. The molecule has 0 spiro atoms. The third-order valence-electron chi connectivity index (χ3n) is 2.01. The Balaban J connectivity index is 3.05. The van der Waals surface area contributed by atoms with Crippen LogP contribution in [-0.2, 0) is 9.53 Å². The summed E-state index contributed by atoms with van der Waals surface area (Å²) in [6.07, 6.45) is 0.687. The lowest BCUT2D eigenvalue weighted by Crippen LogP contribution is -2.18. The maximum Gasteiger partial charge on any atom is 0.336 e. The fourth-order valence-corrected chi connectivity index (χ4v) is 1.33. The van der Waals surface area contributed by atoms with E-state index in [1.165, 1.54) is 0 Å². The molecule has 1 heterocycles. The average Bonchev–Trinajstić information content (AvgIpc) is 2.04. The van der Waals surface area contributed by atoms with E-state index in [0.717, 1.165) is 5.57 Å². The van der Waals surface area contributed by atoms with Gasteiger partial charge < -0.3 is 4.74 Å². The van der Waals surface area contributed by atoms with Crippen molar-refractivity contribution in [2.24, 2.45) is 0 Å². The van der Waals surface area contributed by atoms with Crippen molar-refractivity contribution in [3.63, 3.8) is 0 Å². The third kappa shape index (κ3) is 1.27. The van der Waals surface area contributed by atoms with Crippen LogP contribution in [0.4, 0.5) is 0 Å². The van der Waals surface area contributed by atoms with E-state index >= 15 is 0 Å². The summed E-state index contributed by atoms with van der Waals surface area (Å²) in [7, 11) is 0. The first-order valence-corrected chi connectivity index (χ1v) is 3.99. The highest BCUT2D eigenvalue weighted by Gasteiger charge is 2.38. The first kappa shape index (κ1) is 8.60. The largest absolute Gasteiger partial charge is 0.436 e. The van der Waals surface area contributed by atoms with E-state index in [9.17, 15) is 4.79 Å². The molecule has 0 saturated heterocycles. The van der Waals surface area contributed by atoms with Gasteiger partial charge in [0.25, 0.3) is 0 Å². The number of halogens is 1. The molecule has 1 unspecified atom stereocenters. The van der Waals surface area contributed by atoms with Gasteiger partial charge in [-0.05, 0) is 25.8 Å². The number of carbonyl (C=O) groups excluding carboxylic acids is 1. The van der Waals surface area contributed by atoms with E-state index in [1.54, 1.807) is 6.92 Å². The second-order valence-electron chi connectivity index (χ2n) is 2.76. The molecule has 62 valence electrons. The van der Waals surface area contributed by atoms with Gasteiger partial charge in [-0.15, -0.1) is 0 Å². The minimum atomic E-state index is -0.900. The number of esters is 1. The van der Waals surface area contributed by atoms with Gasteiger partial charge in [-0.2, -0.15) is 0 Å². The molecular formula is C8H11ClO2. The van der Waals surface area contributed by atoms with Crippen molar-refractivity contribution in [2.75, 3.05) is 0 Å². The van der Waals surface area contributed by atoms with Crippen LogP contribution in [0, 0.1) is 0 Å². The fraction of sp³-hybridized carbons (Fsp3) is 0.625. The van der Waals surface area contributed by atoms with Gasteiger partial charge in [-0.25, -0.2) is 4.79 Å². The topological polar surface area (TPSA) is 26.3 Å². The molecule has 1 aliphatic heterocycles. The number of hydrogen-bond acceptors (Lipinski definition) is 2.